The summed E-state index contributed by atoms with van der Waals surface area (Å²) in [4.78, 5) is 17.1. The lowest BCUT2D eigenvalue weighted by molar-refractivity contribution is -0.131. The van der Waals surface area contributed by atoms with Crippen LogP contribution in [-0.2, 0) is 30.5 Å². The van der Waals surface area contributed by atoms with E-state index in [0.717, 1.165) is 60.2 Å². The van der Waals surface area contributed by atoms with Gasteiger partial charge >= 0.3 is 5.97 Å². The highest BCUT2D eigenvalue weighted by Gasteiger charge is 2.36. The van der Waals surface area contributed by atoms with Crippen LogP contribution in [0, 0.1) is 0 Å². The third-order valence-corrected chi connectivity index (χ3v) is 10.3. The molecule has 0 N–H and O–H groups in total. The summed E-state index contributed by atoms with van der Waals surface area (Å²) < 4.78 is 37.1. The molecule has 7 bridgehead atoms. The van der Waals surface area contributed by atoms with Gasteiger partial charge in [0.15, 0.2) is 23.0 Å². The fourth-order valence-electron chi connectivity index (χ4n) is 7.83. The molecule has 0 aliphatic carbocycles. The monoisotopic (exact) mass is 648 g/mol. The Morgan fingerprint density at radius 1 is 0.729 bits per heavy atom. The quantitative estimate of drug-likeness (QED) is 0.179. The van der Waals surface area contributed by atoms with Crippen LogP contribution in [0.2, 0.25) is 0 Å². The van der Waals surface area contributed by atoms with E-state index in [9.17, 15) is 4.79 Å². The van der Waals surface area contributed by atoms with Crippen molar-refractivity contribution in [1.82, 2.24) is 9.80 Å². The van der Waals surface area contributed by atoms with Gasteiger partial charge in [-0.25, -0.2) is 0 Å². The summed E-state index contributed by atoms with van der Waals surface area (Å²) in [7, 11) is 7.67. The maximum Gasteiger partial charge on any atom is 0.308 e. The molecule has 0 spiro atoms. The van der Waals surface area contributed by atoms with Gasteiger partial charge in [0.1, 0.15) is 11.5 Å². The van der Waals surface area contributed by atoms with Gasteiger partial charge in [-0.05, 0) is 110 Å². The predicted molar refractivity (Wildman–Crippen MR) is 181 cm³/mol. The number of esters is 1. The number of carbonyl (C=O) groups excluding carboxylic acids is 1. The van der Waals surface area contributed by atoms with Crippen molar-refractivity contribution >= 4 is 5.97 Å². The zero-order chi connectivity index (χ0) is 33.1. The summed E-state index contributed by atoms with van der Waals surface area (Å²) in [6, 6.07) is 18.9. The van der Waals surface area contributed by atoms with Gasteiger partial charge in [-0.2, -0.15) is 0 Å². The van der Waals surface area contributed by atoms with E-state index in [4.69, 9.17) is 28.4 Å². The van der Waals surface area contributed by atoms with E-state index in [1.165, 1.54) is 23.6 Å². The zero-order valence-corrected chi connectivity index (χ0v) is 28.1. The minimum Gasteiger partial charge on any atom is -0.496 e. The lowest BCUT2D eigenvalue weighted by atomic mass is 9.86. The Hall–Kier alpha value is -4.73. The molecule has 4 aromatic rings. The van der Waals surface area contributed by atoms with Crippen LogP contribution in [0.3, 0.4) is 0 Å². The molecule has 2 atom stereocenters. The molecule has 4 heterocycles. The number of likely N-dealkylation sites (N-methyl/N-ethyl adjacent to an activating group) is 2. The second-order valence-corrected chi connectivity index (χ2v) is 13.2. The first-order valence-electron chi connectivity index (χ1n) is 16.5. The first-order chi connectivity index (χ1) is 23.3. The Labute approximate surface area is 280 Å². The van der Waals surface area contributed by atoms with Gasteiger partial charge in [0, 0.05) is 48.8 Å². The Bertz CT molecular complexity index is 1940. The Balaban J connectivity index is 1.41. The normalized spacial score (nSPS) is 19.6. The molecule has 0 aromatic heterocycles. The lowest BCUT2D eigenvalue weighted by Crippen LogP contribution is -2.34. The maximum absolute atomic E-state index is 12.3. The second kappa shape index (κ2) is 12.1. The molecule has 9 heteroatoms. The number of ether oxygens (including phenoxy) is 6. The molecular formula is C39H40N2O7. The van der Waals surface area contributed by atoms with Crippen molar-refractivity contribution in [1.29, 1.82) is 0 Å². The molecule has 0 fully saturated rings. The molecule has 0 unspecified atom stereocenters. The van der Waals surface area contributed by atoms with Crippen molar-refractivity contribution in [2.75, 3.05) is 48.2 Å². The molecule has 248 valence electrons. The van der Waals surface area contributed by atoms with Gasteiger partial charge in [0.25, 0.3) is 0 Å². The zero-order valence-electron chi connectivity index (χ0n) is 28.1. The number of benzene rings is 4. The number of methoxy groups -OCH3 is 2. The minimum absolute atomic E-state index is 0.0225. The van der Waals surface area contributed by atoms with E-state index in [1.807, 2.05) is 12.1 Å². The number of fused-ring (bicyclic) bond motifs is 5. The van der Waals surface area contributed by atoms with Crippen molar-refractivity contribution < 1.29 is 33.2 Å². The molecule has 0 radical (unpaired) electrons. The van der Waals surface area contributed by atoms with Crippen molar-refractivity contribution in [3.63, 3.8) is 0 Å². The van der Waals surface area contributed by atoms with Gasteiger partial charge in [0.2, 0.25) is 12.5 Å². The van der Waals surface area contributed by atoms with Crippen LogP contribution in [0.15, 0.2) is 54.6 Å². The number of rotatable bonds is 3. The standard InChI is InChI=1S/C39H40N2O7/c1-22(42)47-33-9-7-23-15-29(33)28-14-24(6-8-32(28)43-4)17-31-37-26(11-13-41(31)3)19-36(44-5)38-39(37)48-35-20-27-25(18-34(35)45-21-46-38)10-12-40(2)30(27)16-23/h6-9,14-15,18-20,30-31H,10-13,16-17,21H2,1-5H3/t30-,31+/m1/s1. The topological polar surface area (TPSA) is 78.9 Å². The molecule has 4 aliphatic rings. The average molecular weight is 649 g/mol. The fraction of sp³-hybridized carbons (Fsp3) is 0.359. The molecule has 9 nitrogen and oxygen atoms in total. The van der Waals surface area contributed by atoms with Gasteiger partial charge < -0.3 is 28.4 Å². The molecule has 0 saturated carbocycles. The van der Waals surface area contributed by atoms with Crippen molar-refractivity contribution in [3.8, 4) is 51.4 Å². The largest absolute Gasteiger partial charge is 0.496 e. The van der Waals surface area contributed by atoms with Crippen LogP contribution < -0.4 is 28.4 Å². The van der Waals surface area contributed by atoms with Crippen LogP contribution in [0.1, 0.15) is 52.4 Å². The van der Waals surface area contributed by atoms with Gasteiger partial charge in [-0.15, -0.1) is 0 Å². The molecular weight excluding hydrogens is 608 g/mol. The van der Waals surface area contributed by atoms with E-state index < -0.39 is 0 Å². The molecule has 8 rings (SSSR count). The summed E-state index contributed by atoms with van der Waals surface area (Å²) in [5, 5.41) is 0. The minimum atomic E-state index is -0.365. The van der Waals surface area contributed by atoms with Crippen LogP contribution in [0.25, 0.3) is 11.1 Å². The second-order valence-electron chi connectivity index (χ2n) is 13.2. The molecule has 4 aromatic carbocycles. The Morgan fingerprint density at radius 3 is 2.12 bits per heavy atom. The van der Waals surface area contributed by atoms with E-state index in [-0.39, 0.29) is 24.8 Å². The highest BCUT2D eigenvalue weighted by atomic mass is 16.7. The first kappa shape index (κ1) is 30.6. The van der Waals surface area contributed by atoms with Crippen LogP contribution in [0.4, 0.5) is 0 Å². The van der Waals surface area contributed by atoms with Gasteiger partial charge in [-0.3, -0.25) is 14.6 Å². The fourth-order valence-corrected chi connectivity index (χ4v) is 7.83. The van der Waals surface area contributed by atoms with Crippen LogP contribution >= 0.6 is 0 Å². The highest BCUT2D eigenvalue weighted by Crippen LogP contribution is 2.53. The van der Waals surface area contributed by atoms with Gasteiger partial charge in [0.05, 0.1) is 14.2 Å². The SMILES string of the molecule is COc1ccc2cc1-c1cc(ccc1OC(C)=O)C[C@@H]1c3cc4c(cc3CCN1C)OCOc1c(OC)cc3c(c1O4)[C@H](C2)N(C)CC3. The molecule has 0 saturated heterocycles. The summed E-state index contributed by atoms with van der Waals surface area (Å²) in [5.41, 5.74) is 8.65. The highest BCUT2D eigenvalue weighted by molar-refractivity contribution is 5.80. The number of carbonyl (C=O) groups is 1. The van der Waals surface area contributed by atoms with E-state index in [0.29, 0.717) is 46.7 Å². The maximum atomic E-state index is 12.3. The van der Waals surface area contributed by atoms with Crippen molar-refractivity contribution in [2.45, 2.75) is 44.7 Å². The predicted octanol–water partition coefficient (Wildman–Crippen LogP) is 6.67. The smallest absolute Gasteiger partial charge is 0.308 e. The summed E-state index contributed by atoms with van der Waals surface area (Å²) >= 11 is 0. The molecule has 48 heavy (non-hydrogen) atoms. The van der Waals surface area contributed by atoms with Crippen molar-refractivity contribution in [2.24, 2.45) is 0 Å². The molecule has 0 amide bonds. The lowest BCUT2D eigenvalue weighted by Gasteiger charge is -2.38. The number of hydrogen-bond donors (Lipinski definition) is 0. The van der Waals surface area contributed by atoms with E-state index in [1.54, 1.807) is 14.2 Å². The van der Waals surface area contributed by atoms with Crippen molar-refractivity contribution in [3.05, 3.63) is 88.0 Å². The van der Waals surface area contributed by atoms with Crippen LogP contribution in [-0.4, -0.2) is 64.0 Å². The van der Waals surface area contributed by atoms with E-state index in [2.05, 4.69) is 66.4 Å². The van der Waals surface area contributed by atoms with Gasteiger partial charge in [-0.1, -0.05) is 12.1 Å². The Morgan fingerprint density at radius 2 is 1.40 bits per heavy atom. The average Bonchev–Trinajstić information content (AvgIpc) is 3.07. The summed E-state index contributed by atoms with van der Waals surface area (Å²) in [6.45, 7) is 3.26. The third-order valence-electron chi connectivity index (χ3n) is 10.3. The summed E-state index contributed by atoms with van der Waals surface area (Å²) in [6.07, 6.45) is 3.19. The third kappa shape index (κ3) is 5.22. The number of nitrogens with zero attached hydrogens (tertiary/aromatic N) is 2. The number of hydrogen-bond acceptors (Lipinski definition) is 9. The van der Waals surface area contributed by atoms with Crippen LogP contribution in [0.5, 0.6) is 40.2 Å². The Kier molecular flexibility index (Phi) is 7.69. The van der Waals surface area contributed by atoms with E-state index >= 15 is 0 Å². The summed E-state index contributed by atoms with van der Waals surface area (Å²) in [5.74, 6) is 4.06. The molecule has 4 aliphatic heterocycles. The first-order valence-corrected chi connectivity index (χ1v) is 16.5.